The van der Waals surface area contributed by atoms with Crippen molar-refractivity contribution in [3.8, 4) is 0 Å². The summed E-state index contributed by atoms with van der Waals surface area (Å²) in [4.78, 5) is 0. The Kier molecular flexibility index (Phi) is 6.52. The van der Waals surface area contributed by atoms with E-state index in [1.54, 1.807) is 0 Å². The molecule has 0 saturated heterocycles. The van der Waals surface area contributed by atoms with Crippen LogP contribution in [-0.4, -0.2) is 0 Å². The molecule has 0 aliphatic carbocycles. The van der Waals surface area contributed by atoms with Gasteiger partial charge in [0.05, 0.1) is 0 Å². The molecule has 0 fully saturated rings. The zero-order valence-electron chi connectivity index (χ0n) is 10.7. The second-order valence-corrected chi connectivity index (χ2v) is 4.09. The molecule has 1 heteroatoms. The van der Waals surface area contributed by atoms with E-state index < -0.39 is 0 Å². The van der Waals surface area contributed by atoms with Crippen molar-refractivity contribution in [1.29, 1.82) is 0 Å². The van der Waals surface area contributed by atoms with E-state index in [4.69, 9.17) is 0 Å². The van der Waals surface area contributed by atoms with Crippen LogP contribution in [0.4, 0.5) is 0 Å². The maximum absolute atomic E-state index is 2.20. The van der Waals surface area contributed by atoms with Gasteiger partial charge in [-0.1, -0.05) is 34.6 Å². The summed E-state index contributed by atoms with van der Waals surface area (Å²) in [5, 5.41) is 0. The van der Waals surface area contributed by atoms with Gasteiger partial charge in [-0.3, -0.25) is 0 Å². The zero-order chi connectivity index (χ0) is 11.4. The molecule has 16 heavy (non-hydrogen) atoms. The van der Waals surface area contributed by atoms with Gasteiger partial charge in [-0.2, -0.15) is 46.0 Å². The topological polar surface area (TPSA) is 0 Å². The molecule has 0 unspecified atom stereocenters. The first-order valence-corrected chi connectivity index (χ1v) is 5.42. The second-order valence-electron chi connectivity index (χ2n) is 4.09. The Bertz CT molecular complexity index is 308. The van der Waals surface area contributed by atoms with E-state index in [1.807, 2.05) is 30.3 Å². The zero-order valence-corrected chi connectivity index (χ0v) is 12.4. The average molecular weight is 303 g/mol. The molecule has 1 radical (unpaired) electrons. The SMILES string of the molecule is Cc1c(C)c(C)[c-](C)c1C.[Rh].c1cc[cH-]c1. The molecule has 91 valence electrons. The molecule has 0 bridgehead atoms. The normalized spacial score (nSPS) is 9.06. The van der Waals surface area contributed by atoms with Crippen molar-refractivity contribution in [2.45, 2.75) is 34.6 Å². The summed E-state index contributed by atoms with van der Waals surface area (Å²) in [5.74, 6) is 0. The molecule has 0 aromatic heterocycles. The van der Waals surface area contributed by atoms with Crippen LogP contribution in [0.5, 0.6) is 0 Å². The minimum atomic E-state index is 0. The third-order valence-corrected chi connectivity index (χ3v) is 3.37. The standard InChI is InChI=1S/C10H15.C5H5.Rh/c1-6-7(2)9(4)10(5)8(6)3;1-2-4-5-3-1;/h1-5H3;1-5H;/q2*-1;. The third kappa shape index (κ3) is 3.42. The molecule has 2 aromatic carbocycles. The summed E-state index contributed by atoms with van der Waals surface area (Å²) < 4.78 is 0. The van der Waals surface area contributed by atoms with Crippen molar-refractivity contribution < 1.29 is 19.5 Å². The van der Waals surface area contributed by atoms with Crippen LogP contribution in [-0.2, 0) is 19.5 Å². The van der Waals surface area contributed by atoms with Crippen LogP contribution in [0, 0.1) is 34.6 Å². The summed E-state index contributed by atoms with van der Waals surface area (Å²) in [6.45, 7) is 11.0. The molecule has 0 spiro atoms. The minimum absolute atomic E-state index is 0. The van der Waals surface area contributed by atoms with Crippen LogP contribution in [0.25, 0.3) is 0 Å². The molecule has 0 saturated carbocycles. The monoisotopic (exact) mass is 303 g/mol. The molecule has 2 rings (SSSR count). The van der Waals surface area contributed by atoms with Gasteiger partial charge in [0.2, 0.25) is 0 Å². The van der Waals surface area contributed by atoms with Crippen LogP contribution < -0.4 is 0 Å². The Balaban J connectivity index is 0.000000318. The summed E-state index contributed by atoms with van der Waals surface area (Å²) in [5.41, 5.74) is 7.34. The molecule has 0 aliphatic rings. The molecule has 2 aromatic rings. The quantitative estimate of drug-likeness (QED) is 0.501. The van der Waals surface area contributed by atoms with Crippen LogP contribution in [0.1, 0.15) is 27.8 Å². The molecule has 0 atom stereocenters. The fourth-order valence-corrected chi connectivity index (χ4v) is 1.73. The van der Waals surface area contributed by atoms with E-state index in [-0.39, 0.29) is 19.5 Å². The van der Waals surface area contributed by atoms with Crippen LogP contribution in [0.15, 0.2) is 30.3 Å². The van der Waals surface area contributed by atoms with Crippen molar-refractivity contribution in [2.24, 2.45) is 0 Å². The van der Waals surface area contributed by atoms with Gasteiger partial charge in [-0.05, 0) is 0 Å². The van der Waals surface area contributed by atoms with E-state index in [0.717, 1.165) is 0 Å². The Labute approximate surface area is 112 Å². The fraction of sp³-hybridized carbons (Fsp3) is 0.333. The van der Waals surface area contributed by atoms with Gasteiger partial charge in [0, 0.05) is 19.5 Å². The Morgan fingerprint density at radius 2 is 1.25 bits per heavy atom. The molecule has 0 N–H and O–H groups in total. The van der Waals surface area contributed by atoms with Gasteiger partial charge in [0.25, 0.3) is 0 Å². The van der Waals surface area contributed by atoms with E-state index in [0.29, 0.717) is 0 Å². The summed E-state index contributed by atoms with van der Waals surface area (Å²) >= 11 is 0. The molecular formula is C15H20Rh-2. The predicted octanol–water partition coefficient (Wildman–Crippen LogP) is 4.35. The van der Waals surface area contributed by atoms with Gasteiger partial charge in [-0.15, -0.1) is 0 Å². The largest absolute Gasteiger partial charge is 0.214 e. The number of rotatable bonds is 0. The Morgan fingerprint density at radius 1 is 0.875 bits per heavy atom. The van der Waals surface area contributed by atoms with Gasteiger partial charge < -0.3 is 0 Å². The fourth-order valence-electron chi connectivity index (χ4n) is 1.73. The maximum Gasteiger partial charge on any atom is 0 e. The van der Waals surface area contributed by atoms with E-state index >= 15 is 0 Å². The molecule has 0 nitrogen and oxygen atoms in total. The van der Waals surface area contributed by atoms with Crippen molar-refractivity contribution in [3.05, 3.63) is 58.1 Å². The first kappa shape index (κ1) is 15.3. The summed E-state index contributed by atoms with van der Waals surface area (Å²) in [7, 11) is 0. The number of hydrogen-bond acceptors (Lipinski definition) is 0. The summed E-state index contributed by atoms with van der Waals surface area (Å²) in [6.07, 6.45) is 0. The van der Waals surface area contributed by atoms with Gasteiger partial charge in [0.1, 0.15) is 0 Å². The van der Waals surface area contributed by atoms with E-state index in [9.17, 15) is 0 Å². The van der Waals surface area contributed by atoms with Crippen molar-refractivity contribution in [3.63, 3.8) is 0 Å². The Hall–Kier alpha value is -0.677. The minimum Gasteiger partial charge on any atom is -0.214 e. The Morgan fingerprint density at radius 3 is 1.38 bits per heavy atom. The predicted molar refractivity (Wildman–Crippen MR) is 67.8 cm³/mol. The first-order valence-electron chi connectivity index (χ1n) is 5.42. The van der Waals surface area contributed by atoms with Crippen LogP contribution in [0.2, 0.25) is 0 Å². The molecule has 0 amide bonds. The van der Waals surface area contributed by atoms with Gasteiger partial charge >= 0.3 is 0 Å². The second kappa shape index (κ2) is 6.81. The first-order chi connectivity index (χ1) is 7.05. The maximum atomic E-state index is 2.20. The molecular weight excluding hydrogens is 283 g/mol. The van der Waals surface area contributed by atoms with E-state index in [1.165, 1.54) is 27.8 Å². The van der Waals surface area contributed by atoms with Crippen molar-refractivity contribution >= 4 is 0 Å². The molecule has 0 heterocycles. The van der Waals surface area contributed by atoms with Crippen LogP contribution >= 0.6 is 0 Å². The summed E-state index contributed by atoms with van der Waals surface area (Å²) in [6, 6.07) is 10.0. The van der Waals surface area contributed by atoms with Crippen molar-refractivity contribution in [1.82, 2.24) is 0 Å². The molecule has 0 aliphatic heterocycles. The van der Waals surface area contributed by atoms with Gasteiger partial charge in [-0.25, -0.2) is 12.1 Å². The third-order valence-electron chi connectivity index (χ3n) is 3.37. The smallest absolute Gasteiger partial charge is 0 e. The number of hydrogen-bond donors (Lipinski definition) is 0. The van der Waals surface area contributed by atoms with Crippen molar-refractivity contribution in [2.75, 3.05) is 0 Å². The average Bonchev–Trinajstić information content (AvgIpc) is 2.86. The van der Waals surface area contributed by atoms with Crippen LogP contribution in [0.3, 0.4) is 0 Å². The van der Waals surface area contributed by atoms with E-state index in [2.05, 4.69) is 34.6 Å². The van der Waals surface area contributed by atoms with Gasteiger partial charge in [0.15, 0.2) is 0 Å².